The zero-order valence-electron chi connectivity index (χ0n) is 12.5. The van der Waals surface area contributed by atoms with Crippen molar-refractivity contribution in [3.05, 3.63) is 0 Å². The summed E-state index contributed by atoms with van der Waals surface area (Å²) in [6.45, 7) is 3.75. The summed E-state index contributed by atoms with van der Waals surface area (Å²) in [6, 6.07) is 0. The van der Waals surface area contributed by atoms with Crippen molar-refractivity contribution in [2.45, 2.75) is 25.7 Å². The second kappa shape index (κ2) is 6.65. The van der Waals surface area contributed by atoms with E-state index in [2.05, 4.69) is 15.1 Å². The molecule has 0 amide bonds. The first-order valence-corrected chi connectivity index (χ1v) is 9.88. The van der Waals surface area contributed by atoms with E-state index in [4.69, 9.17) is 5.73 Å². The van der Waals surface area contributed by atoms with Crippen LogP contribution in [0.15, 0.2) is 0 Å². The minimum absolute atomic E-state index is 0.442. The van der Waals surface area contributed by atoms with Gasteiger partial charge in [-0.15, -0.1) is 10.2 Å². The molecule has 2 aliphatic rings. The van der Waals surface area contributed by atoms with Crippen molar-refractivity contribution in [3.8, 4) is 0 Å². The summed E-state index contributed by atoms with van der Waals surface area (Å²) in [5.74, 6) is 0. The lowest BCUT2D eigenvalue weighted by atomic mass is 10.2. The zero-order chi connectivity index (χ0) is 15.6. The summed E-state index contributed by atoms with van der Waals surface area (Å²) in [6.07, 6.45) is 3.83. The molecular formula is C12H22N6O2S2. The third kappa shape index (κ3) is 3.34. The van der Waals surface area contributed by atoms with Crippen LogP contribution in [0.5, 0.6) is 0 Å². The van der Waals surface area contributed by atoms with E-state index in [0.29, 0.717) is 37.9 Å². The Morgan fingerprint density at radius 1 is 0.864 bits per heavy atom. The quantitative estimate of drug-likeness (QED) is 0.849. The lowest BCUT2D eigenvalue weighted by Gasteiger charge is -2.31. The highest BCUT2D eigenvalue weighted by Crippen LogP contribution is 2.24. The summed E-state index contributed by atoms with van der Waals surface area (Å²) in [5, 5.41) is 9.09. The molecule has 2 aliphatic heterocycles. The molecule has 10 heteroatoms. The molecule has 0 radical (unpaired) electrons. The predicted molar refractivity (Wildman–Crippen MR) is 87.1 cm³/mol. The van der Waals surface area contributed by atoms with E-state index in [9.17, 15) is 8.42 Å². The molecule has 2 N–H and O–H groups in total. The molecule has 0 saturated carbocycles. The van der Waals surface area contributed by atoms with Gasteiger partial charge >= 0.3 is 0 Å². The standard InChI is InChI=1S/C12H22N6O2S2/c13-11-14-15-12(21-11)16-5-4-8-18(10-9-16)22(19,20)17-6-2-1-3-7-17/h1-10H2,(H2,13,14). The number of rotatable bonds is 3. The predicted octanol–water partition coefficient (Wildman–Crippen LogP) is 0.363. The van der Waals surface area contributed by atoms with Crippen molar-refractivity contribution in [2.75, 3.05) is 49.9 Å². The molecule has 124 valence electrons. The Labute approximate surface area is 135 Å². The molecular weight excluding hydrogens is 324 g/mol. The smallest absolute Gasteiger partial charge is 0.282 e. The highest BCUT2D eigenvalue weighted by atomic mass is 32.2. The first kappa shape index (κ1) is 15.9. The van der Waals surface area contributed by atoms with Crippen LogP contribution in [0.4, 0.5) is 10.3 Å². The Morgan fingerprint density at radius 3 is 2.23 bits per heavy atom. The number of hydrogen-bond acceptors (Lipinski definition) is 7. The van der Waals surface area contributed by atoms with Gasteiger partial charge in [-0.2, -0.15) is 17.0 Å². The maximum Gasteiger partial charge on any atom is 0.282 e. The number of nitrogens with zero attached hydrogens (tertiary/aromatic N) is 5. The van der Waals surface area contributed by atoms with E-state index in [1.165, 1.54) is 11.3 Å². The van der Waals surface area contributed by atoms with Crippen molar-refractivity contribution < 1.29 is 8.42 Å². The third-order valence-corrected chi connectivity index (χ3v) is 6.97. The summed E-state index contributed by atoms with van der Waals surface area (Å²) in [7, 11) is -3.33. The topological polar surface area (TPSA) is 95.7 Å². The van der Waals surface area contributed by atoms with Gasteiger partial charge in [0.1, 0.15) is 0 Å². The molecule has 1 aromatic rings. The number of piperidine rings is 1. The van der Waals surface area contributed by atoms with Gasteiger partial charge in [-0.25, -0.2) is 0 Å². The number of nitrogen functional groups attached to an aromatic ring is 1. The van der Waals surface area contributed by atoms with Crippen molar-refractivity contribution in [3.63, 3.8) is 0 Å². The Balaban J connectivity index is 1.66. The normalized spacial score (nSPS) is 22.6. The second-order valence-electron chi connectivity index (χ2n) is 5.63. The van der Waals surface area contributed by atoms with Crippen LogP contribution in [0, 0.1) is 0 Å². The largest absolute Gasteiger partial charge is 0.374 e. The van der Waals surface area contributed by atoms with Crippen LogP contribution in [0.1, 0.15) is 25.7 Å². The molecule has 0 unspecified atom stereocenters. The van der Waals surface area contributed by atoms with Crippen LogP contribution < -0.4 is 10.6 Å². The number of nitrogens with two attached hydrogens (primary N) is 1. The van der Waals surface area contributed by atoms with Crippen molar-refractivity contribution in [2.24, 2.45) is 0 Å². The molecule has 0 bridgehead atoms. The second-order valence-corrected chi connectivity index (χ2v) is 8.55. The third-order valence-electron chi connectivity index (χ3n) is 4.12. The minimum atomic E-state index is -3.33. The molecule has 0 aromatic carbocycles. The van der Waals surface area contributed by atoms with Crippen LogP contribution in [-0.4, -0.2) is 66.5 Å². The zero-order valence-corrected chi connectivity index (χ0v) is 14.2. The first-order chi connectivity index (χ1) is 10.6. The van der Waals surface area contributed by atoms with Gasteiger partial charge in [-0.1, -0.05) is 17.8 Å². The number of hydrogen-bond donors (Lipinski definition) is 1. The molecule has 22 heavy (non-hydrogen) atoms. The van der Waals surface area contributed by atoms with Crippen LogP contribution in [0.25, 0.3) is 0 Å². The Morgan fingerprint density at radius 2 is 1.55 bits per heavy atom. The minimum Gasteiger partial charge on any atom is -0.374 e. The van der Waals surface area contributed by atoms with Gasteiger partial charge in [-0.05, 0) is 19.3 Å². The fourth-order valence-electron chi connectivity index (χ4n) is 2.93. The van der Waals surface area contributed by atoms with E-state index in [-0.39, 0.29) is 0 Å². The average Bonchev–Trinajstić information content (AvgIpc) is 2.81. The maximum absolute atomic E-state index is 12.7. The Hall–Kier alpha value is -0.970. The Kier molecular flexibility index (Phi) is 4.81. The van der Waals surface area contributed by atoms with E-state index < -0.39 is 10.2 Å². The molecule has 2 fully saturated rings. The lowest BCUT2D eigenvalue weighted by Crippen LogP contribution is -2.47. The van der Waals surface area contributed by atoms with Crippen LogP contribution >= 0.6 is 11.3 Å². The highest BCUT2D eigenvalue weighted by Gasteiger charge is 2.32. The molecule has 3 rings (SSSR count). The molecule has 1 aromatic heterocycles. The monoisotopic (exact) mass is 346 g/mol. The molecule has 0 atom stereocenters. The fourth-order valence-corrected chi connectivity index (χ4v) is 5.31. The SMILES string of the molecule is Nc1nnc(N2CCCN(S(=O)(=O)N3CCCCC3)CC2)s1. The van der Waals surface area contributed by atoms with Gasteiger partial charge in [-0.3, -0.25) is 0 Å². The van der Waals surface area contributed by atoms with Gasteiger partial charge in [0.25, 0.3) is 10.2 Å². The lowest BCUT2D eigenvalue weighted by molar-refractivity contribution is 0.307. The summed E-state index contributed by atoms with van der Waals surface area (Å²) < 4.78 is 28.7. The number of anilines is 2. The van der Waals surface area contributed by atoms with Crippen LogP contribution in [0.2, 0.25) is 0 Å². The van der Waals surface area contributed by atoms with Gasteiger partial charge < -0.3 is 10.6 Å². The molecule has 0 spiro atoms. The van der Waals surface area contributed by atoms with E-state index in [1.807, 2.05) is 0 Å². The summed E-state index contributed by atoms with van der Waals surface area (Å²) in [4.78, 5) is 2.07. The van der Waals surface area contributed by atoms with E-state index >= 15 is 0 Å². The van der Waals surface area contributed by atoms with Gasteiger partial charge in [0, 0.05) is 39.3 Å². The van der Waals surface area contributed by atoms with E-state index in [1.54, 1.807) is 8.61 Å². The molecule has 0 aliphatic carbocycles. The summed E-state index contributed by atoms with van der Waals surface area (Å²) >= 11 is 1.34. The molecule has 8 nitrogen and oxygen atoms in total. The van der Waals surface area contributed by atoms with Crippen molar-refractivity contribution in [1.82, 2.24) is 18.8 Å². The van der Waals surface area contributed by atoms with Crippen molar-refractivity contribution >= 4 is 31.8 Å². The number of aromatic nitrogens is 2. The molecule has 2 saturated heterocycles. The average molecular weight is 346 g/mol. The highest BCUT2D eigenvalue weighted by molar-refractivity contribution is 7.86. The van der Waals surface area contributed by atoms with Crippen molar-refractivity contribution in [1.29, 1.82) is 0 Å². The van der Waals surface area contributed by atoms with Gasteiger partial charge in [0.05, 0.1) is 0 Å². The molecule has 3 heterocycles. The van der Waals surface area contributed by atoms with Gasteiger partial charge in [0.15, 0.2) is 0 Å². The first-order valence-electron chi connectivity index (χ1n) is 7.66. The van der Waals surface area contributed by atoms with E-state index in [0.717, 1.165) is 37.4 Å². The summed E-state index contributed by atoms with van der Waals surface area (Å²) in [5.41, 5.74) is 5.62. The maximum atomic E-state index is 12.7. The van der Waals surface area contributed by atoms with Crippen LogP contribution in [-0.2, 0) is 10.2 Å². The van der Waals surface area contributed by atoms with Crippen LogP contribution in [0.3, 0.4) is 0 Å². The Bertz CT molecular complexity index is 599. The van der Waals surface area contributed by atoms with Gasteiger partial charge in [0.2, 0.25) is 10.3 Å². The fraction of sp³-hybridized carbons (Fsp3) is 0.833.